The largest absolute Gasteiger partial charge is 0.497 e. The van der Waals surface area contributed by atoms with Crippen LogP contribution >= 0.6 is 0 Å². The van der Waals surface area contributed by atoms with Gasteiger partial charge in [-0.2, -0.15) is 0 Å². The highest BCUT2D eigenvalue weighted by atomic mass is 16.6. The second-order valence-electron chi connectivity index (χ2n) is 7.16. The van der Waals surface area contributed by atoms with Crippen LogP contribution in [-0.2, 0) is 14.1 Å². The summed E-state index contributed by atoms with van der Waals surface area (Å²) in [6, 6.07) is 11.2. The number of benzene rings is 2. The van der Waals surface area contributed by atoms with E-state index in [2.05, 4.69) is 0 Å². The maximum Gasteiger partial charge on any atom is 0.330 e. The van der Waals surface area contributed by atoms with Crippen molar-refractivity contribution in [1.29, 1.82) is 0 Å². The van der Waals surface area contributed by atoms with Crippen LogP contribution in [0.4, 0.5) is 5.69 Å². The van der Waals surface area contributed by atoms with Crippen molar-refractivity contribution in [3.8, 4) is 28.4 Å². The van der Waals surface area contributed by atoms with Crippen molar-refractivity contribution in [1.82, 2.24) is 13.7 Å². The van der Waals surface area contributed by atoms with E-state index in [4.69, 9.17) is 9.47 Å². The first kappa shape index (κ1) is 20.9. The molecule has 0 aliphatic carbocycles. The minimum absolute atomic E-state index is 0.119. The fraction of sp³-hybridized carbons (Fsp3) is 0.182. The van der Waals surface area contributed by atoms with Crippen LogP contribution in [0.1, 0.15) is 0 Å². The summed E-state index contributed by atoms with van der Waals surface area (Å²) in [7, 11) is 6.00. The zero-order valence-electron chi connectivity index (χ0n) is 17.9. The summed E-state index contributed by atoms with van der Waals surface area (Å²) in [6.07, 6.45) is 1.65. The Balaban J connectivity index is 2.19. The molecule has 2 aromatic carbocycles. The SMILES string of the molecule is COc1ccc(-n2cc3c(c2-c2cccc([N+](=O)[O-])c2)c(=O)n(C)c(=O)n3C)c(OC)c1. The molecule has 0 aliphatic rings. The third-order valence-electron chi connectivity index (χ3n) is 5.42. The number of nitro benzene ring substituents is 1. The van der Waals surface area contributed by atoms with E-state index in [0.717, 1.165) is 4.57 Å². The zero-order valence-corrected chi connectivity index (χ0v) is 17.9. The molecule has 0 N–H and O–H groups in total. The molecule has 2 heterocycles. The fourth-order valence-corrected chi connectivity index (χ4v) is 3.77. The van der Waals surface area contributed by atoms with Crippen molar-refractivity contribution in [2.24, 2.45) is 14.1 Å². The van der Waals surface area contributed by atoms with Crippen LogP contribution in [0.2, 0.25) is 0 Å². The molecule has 2 aromatic heterocycles. The van der Waals surface area contributed by atoms with Gasteiger partial charge >= 0.3 is 5.69 Å². The lowest BCUT2D eigenvalue weighted by molar-refractivity contribution is -0.384. The minimum atomic E-state index is -0.504. The first-order chi connectivity index (χ1) is 15.3. The summed E-state index contributed by atoms with van der Waals surface area (Å²) >= 11 is 0. The van der Waals surface area contributed by atoms with Crippen LogP contribution in [0.5, 0.6) is 11.5 Å². The summed E-state index contributed by atoms with van der Waals surface area (Å²) in [6.45, 7) is 0. The molecule has 0 spiro atoms. The van der Waals surface area contributed by atoms with Gasteiger partial charge in [0.15, 0.2) is 0 Å². The summed E-state index contributed by atoms with van der Waals surface area (Å²) in [5.74, 6) is 1.03. The lowest BCUT2D eigenvalue weighted by Crippen LogP contribution is -2.36. The van der Waals surface area contributed by atoms with Gasteiger partial charge in [0.25, 0.3) is 11.2 Å². The standard InChI is InChI=1S/C22H20N4O6/c1-23-17-12-25(16-9-8-15(31-3)11-18(16)32-4)20(19(17)21(27)24(2)22(23)28)13-6-5-7-14(10-13)26(29)30/h5-12H,1-4H3. The number of nitro groups is 1. The number of non-ortho nitro benzene ring substituents is 1. The highest BCUT2D eigenvalue weighted by Crippen LogP contribution is 2.36. The van der Waals surface area contributed by atoms with E-state index in [1.807, 2.05) is 0 Å². The van der Waals surface area contributed by atoms with Crippen molar-refractivity contribution < 1.29 is 14.4 Å². The normalized spacial score (nSPS) is 11.0. The third-order valence-corrected chi connectivity index (χ3v) is 5.42. The molecule has 0 fully saturated rings. The number of ether oxygens (including phenoxy) is 2. The number of fused-ring (bicyclic) bond motifs is 1. The Hall–Kier alpha value is -4.34. The maximum absolute atomic E-state index is 13.2. The van der Waals surface area contributed by atoms with Gasteiger partial charge in [0, 0.05) is 44.1 Å². The van der Waals surface area contributed by atoms with Gasteiger partial charge in [-0.25, -0.2) is 4.79 Å². The van der Waals surface area contributed by atoms with Gasteiger partial charge in [-0.15, -0.1) is 0 Å². The van der Waals surface area contributed by atoms with Gasteiger partial charge in [-0.3, -0.25) is 24.0 Å². The van der Waals surface area contributed by atoms with Crippen LogP contribution in [0, 0.1) is 10.1 Å². The molecule has 10 heteroatoms. The highest BCUT2D eigenvalue weighted by molar-refractivity contribution is 5.95. The Labute approximate surface area is 181 Å². The number of aromatic nitrogens is 3. The molecule has 4 aromatic rings. The van der Waals surface area contributed by atoms with E-state index in [1.54, 1.807) is 48.1 Å². The molecule has 0 saturated heterocycles. The number of hydrogen-bond acceptors (Lipinski definition) is 6. The molecular formula is C22H20N4O6. The topological polar surface area (TPSA) is 111 Å². The number of nitrogens with zero attached hydrogens (tertiary/aromatic N) is 4. The molecule has 0 unspecified atom stereocenters. The average molecular weight is 436 g/mol. The molecule has 0 radical (unpaired) electrons. The first-order valence-electron chi connectivity index (χ1n) is 9.56. The Morgan fingerprint density at radius 3 is 2.38 bits per heavy atom. The quantitative estimate of drug-likeness (QED) is 0.351. The fourth-order valence-electron chi connectivity index (χ4n) is 3.77. The zero-order chi connectivity index (χ0) is 23.2. The second-order valence-corrected chi connectivity index (χ2v) is 7.16. The van der Waals surface area contributed by atoms with E-state index < -0.39 is 16.2 Å². The van der Waals surface area contributed by atoms with Gasteiger partial charge in [0.1, 0.15) is 11.5 Å². The van der Waals surface area contributed by atoms with Crippen LogP contribution in [-0.4, -0.2) is 32.8 Å². The predicted octanol–water partition coefficient (Wildman–Crippen LogP) is 2.62. The molecule has 32 heavy (non-hydrogen) atoms. The summed E-state index contributed by atoms with van der Waals surface area (Å²) in [5, 5.41) is 11.6. The summed E-state index contributed by atoms with van der Waals surface area (Å²) in [5.41, 5.74) is 0.707. The number of hydrogen-bond donors (Lipinski definition) is 0. The van der Waals surface area contributed by atoms with Crippen molar-refractivity contribution in [3.63, 3.8) is 0 Å². The lowest BCUT2D eigenvalue weighted by atomic mass is 10.1. The maximum atomic E-state index is 13.2. The monoisotopic (exact) mass is 436 g/mol. The van der Waals surface area contributed by atoms with Gasteiger partial charge in [0.05, 0.1) is 41.4 Å². The third kappa shape index (κ3) is 3.13. The first-order valence-corrected chi connectivity index (χ1v) is 9.56. The van der Waals surface area contributed by atoms with E-state index in [0.29, 0.717) is 34.0 Å². The van der Waals surface area contributed by atoms with Gasteiger partial charge in [0.2, 0.25) is 0 Å². The molecule has 0 amide bonds. The van der Waals surface area contributed by atoms with Gasteiger partial charge in [-0.1, -0.05) is 12.1 Å². The molecule has 10 nitrogen and oxygen atoms in total. The Morgan fingerprint density at radius 2 is 1.72 bits per heavy atom. The molecule has 164 valence electrons. The van der Waals surface area contributed by atoms with Gasteiger partial charge in [-0.05, 0) is 12.1 Å². The highest BCUT2D eigenvalue weighted by Gasteiger charge is 2.23. The van der Waals surface area contributed by atoms with Crippen LogP contribution in [0.25, 0.3) is 27.8 Å². The van der Waals surface area contributed by atoms with Gasteiger partial charge < -0.3 is 14.0 Å². The predicted molar refractivity (Wildman–Crippen MR) is 119 cm³/mol. The number of aryl methyl sites for hydroxylation is 1. The Bertz CT molecular complexity index is 1500. The number of rotatable bonds is 5. The molecule has 4 rings (SSSR count). The average Bonchev–Trinajstić information content (AvgIpc) is 3.21. The van der Waals surface area contributed by atoms with Crippen molar-refractivity contribution in [2.75, 3.05) is 14.2 Å². The molecule has 0 atom stereocenters. The molecular weight excluding hydrogens is 416 g/mol. The van der Waals surface area contributed by atoms with E-state index >= 15 is 0 Å². The van der Waals surface area contributed by atoms with E-state index in [1.165, 1.54) is 38.0 Å². The van der Waals surface area contributed by atoms with Crippen LogP contribution in [0.3, 0.4) is 0 Å². The Morgan fingerprint density at radius 1 is 0.969 bits per heavy atom. The molecule has 0 bridgehead atoms. The van der Waals surface area contributed by atoms with Crippen LogP contribution in [0.15, 0.2) is 58.3 Å². The Kier molecular flexibility index (Phi) is 5.05. The van der Waals surface area contributed by atoms with Crippen molar-refractivity contribution in [2.45, 2.75) is 0 Å². The van der Waals surface area contributed by atoms with E-state index in [-0.39, 0.29) is 11.1 Å². The number of methoxy groups -OCH3 is 2. The smallest absolute Gasteiger partial charge is 0.330 e. The lowest BCUT2D eigenvalue weighted by Gasteiger charge is -2.14. The second kappa shape index (κ2) is 7.73. The van der Waals surface area contributed by atoms with E-state index in [9.17, 15) is 19.7 Å². The minimum Gasteiger partial charge on any atom is -0.497 e. The summed E-state index contributed by atoms with van der Waals surface area (Å²) < 4.78 is 14.9. The van der Waals surface area contributed by atoms with Crippen molar-refractivity contribution in [3.05, 3.63) is 79.6 Å². The molecule has 0 aliphatic heterocycles. The van der Waals surface area contributed by atoms with Crippen molar-refractivity contribution >= 4 is 16.6 Å². The van der Waals surface area contributed by atoms with Crippen LogP contribution < -0.4 is 20.7 Å². The summed E-state index contributed by atoms with van der Waals surface area (Å²) in [4.78, 5) is 36.6. The molecule has 0 saturated carbocycles.